The van der Waals surface area contributed by atoms with E-state index in [1.165, 1.54) is 6.20 Å². The highest BCUT2D eigenvalue weighted by atomic mass is 19.1. The summed E-state index contributed by atoms with van der Waals surface area (Å²) >= 11 is 0. The number of halogens is 1. The molecule has 2 bridgehead atoms. The number of hydrogen-bond donors (Lipinski definition) is 1. The van der Waals surface area contributed by atoms with Gasteiger partial charge in [0.05, 0.1) is 29.7 Å². The highest BCUT2D eigenvalue weighted by Crippen LogP contribution is 2.64. The van der Waals surface area contributed by atoms with Crippen LogP contribution in [-0.2, 0) is 5.54 Å². The third kappa shape index (κ3) is 2.31. The van der Waals surface area contributed by atoms with Gasteiger partial charge in [0.2, 0.25) is 5.88 Å². The van der Waals surface area contributed by atoms with E-state index in [4.69, 9.17) is 9.84 Å². The molecule has 2 fully saturated rings. The van der Waals surface area contributed by atoms with E-state index in [1.807, 2.05) is 23.6 Å². The molecule has 1 spiro atoms. The van der Waals surface area contributed by atoms with Gasteiger partial charge in [-0.2, -0.15) is 0 Å². The summed E-state index contributed by atoms with van der Waals surface area (Å²) in [6.45, 7) is 7.42. The zero-order valence-electron chi connectivity index (χ0n) is 16.1. The number of rotatable bonds is 0. The summed E-state index contributed by atoms with van der Waals surface area (Å²) in [6, 6.07) is 5.51. The zero-order chi connectivity index (χ0) is 19.8. The maximum absolute atomic E-state index is 14.2. The Kier molecular flexibility index (Phi) is 3.29. The second kappa shape index (κ2) is 5.68. The molecule has 2 aliphatic heterocycles. The fraction of sp³-hybridized carbons (Fsp3) is 0.381. The molecule has 29 heavy (non-hydrogen) atoms. The van der Waals surface area contributed by atoms with Crippen molar-refractivity contribution < 1.29 is 9.13 Å². The molecule has 0 amide bonds. The first kappa shape index (κ1) is 16.8. The average molecular weight is 392 g/mol. The number of imidazole rings is 1. The first-order valence-electron chi connectivity index (χ1n) is 9.93. The van der Waals surface area contributed by atoms with Gasteiger partial charge >= 0.3 is 0 Å². The first-order valence-corrected chi connectivity index (χ1v) is 9.93. The van der Waals surface area contributed by atoms with E-state index in [1.54, 1.807) is 12.3 Å². The van der Waals surface area contributed by atoms with Crippen LogP contribution in [0.5, 0.6) is 5.88 Å². The number of hydrogen-bond acceptors (Lipinski definition) is 6. The van der Waals surface area contributed by atoms with Crippen LogP contribution in [0.15, 0.2) is 37.2 Å². The monoisotopic (exact) mass is 392 g/mol. The third-order valence-electron chi connectivity index (χ3n) is 6.36. The maximum Gasteiger partial charge on any atom is 0.219 e. The number of aromatic nitrogens is 4. The van der Waals surface area contributed by atoms with Crippen LogP contribution in [0, 0.1) is 11.7 Å². The van der Waals surface area contributed by atoms with Crippen molar-refractivity contribution in [3.05, 3.63) is 54.2 Å². The van der Waals surface area contributed by atoms with Gasteiger partial charge in [0, 0.05) is 12.1 Å². The topological polar surface area (TPSA) is 67.6 Å². The van der Waals surface area contributed by atoms with Crippen LogP contribution in [0.2, 0.25) is 0 Å². The number of nitrogens with zero attached hydrogens (tertiary/aromatic N) is 5. The van der Waals surface area contributed by atoms with Crippen molar-refractivity contribution >= 4 is 17.2 Å². The van der Waals surface area contributed by atoms with Crippen molar-refractivity contribution in [3.8, 4) is 5.88 Å². The van der Waals surface area contributed by atoms with Gasteiger partial charge < -0.3 is 15.0 Å². The molecule has 6 rings (SSSR count). The van der Waals surface area contributed by atoms with Gasteiger partial charge in [-0.05, 0) is 43.9 Å². The molecule has 1 saturated heterocycles. The van der Waals surface area contributed by atoms with Gasteiger partial charge in [-0.1, -0.05) is 6.58 Å². The molecule has 8 heteroatoms. The van der Waals surface area contributed by atoms with Gasteiger partial charge in [-0.3, -0.25) is 0 Å². The standard InChI is InChI=1S/C21H21FN6O/c1-12-11-29-20-16(7-15(22)9-24-20)21-8-14(21)5-6-27(21)19-4-3-18-23-10-17(13(2)25-12)28(18)26-19/h3-4,7,9-10,12,14,25H,2,5-6,8,11H2,1H3/t12-,14+,21-/m1/s1. The quantitative estimate of drug-likeness (QED) is 0.635. The minimum Gasteiger partial charge on any atom is -0.475 e. The zero-order valence-corrected chi connectivity index (χ0v) is 16.1. The highest BCUT2D eigenvalue weighted by molar-refractivity contribution is 5.63. The van der Waals surface area contributed by atoms with Crippen molar-refractivity contribution in [2.24, 2.45) is 5.92 Å². The number of pyridine rings is 1. The summed E-state index contributed by atoms with van der Waals surface area (Å²) in [7, 11) is 0. The number of piperidine rings is 1. The lowest BCUT2D eigenvalue weighted by Gasteiger charge is -2.30. The molecular formula is C21H21FN6O. The van der Waals surface area contributed by atoms with Crippen LogP contribution in [0.25, 0.3) is 11.3 Å². The van der Waals surface area contributed by atoms with Crippen molar-refractivity contribution in [2.45, 2.75) is 31.3 Å². The Labute approximate surface area is 167 Å². The smallest absolute Gasteiger partial charge is 0.219 e. The third-order valence-corrected chi connectivity index (χ3v) is 6.36. The Morgan fingerprint density at radius 1 is 1.31 bits per heavy atom. The van der Waals surface area contributed by atoms with Crippen molar-refractivity contribution in [2.75, 3.05) is 18.1 Å². The van der Waals surface area contributed by atoms with E-state index in [9.17, 15) is 4.39 Å². The summed E-state index contributed by atoms with van der Waals surface area (Å²) in [6.07, 6.45) is 4.99. The molecule has 3 aliphatic rings. The van der Waals surface area contributed by atoms with Crippen LogP contribution in [0.3, 0.4) is 0 Å². The highest BCUT2D eigenvalue weighted by Gasteiger charge is 2.65. The Morgan fingerprint density at radius 2 is 2.21 bits per heavy atom. The molecular weight excluding hydrogens is 371 g/mol. The summed E-state index contributed by atoms with van der Waals surface area (Å²) < 4.78 is 22.1. The molecule has 3 aromatic heterocycles. The summed E-state index contributed by atoms with van der Waals surface area (Å²) in [5.41, 5.74) is 2.81. The Balaban J connectivity index is 1.57. The van der Waals surface area contributed by atoms with E-state index in [2.05, 4.69) is 26.8 Å². The normalized spacial score (nSPS) is 27.8. The van der Waals surface area contributed by atoms with Gasteiger partial charge in [0.1, 0.15) is 23.9 Å². The van der Waals surface area contributed by atoms with E-state index < -0.39 is 0 Å². The molecule has 0 aromatic carbocycles. The molecule has 3 aromatic rings. The van der Waals surface area contributed by atoms with E-state index >= 15 is 0 Å². The lowest BCUT2D eigenvalue weighted by atomic mass is 10.0. The van der Waals surface area contributed by atoms with Crippen molar-refractivity contribution in [1.82, 2.24) is 24.9 Å². The number of nitrogens with one attached hydrogen (secondary N) is 1. The van der Waals surface area contributed by atoms with Gasteiger partial charge in [0.15, 0.2) is 5.65 Å². The molecule has 1 aliphatic carbocycles. The second-order valence-corrected chi connectivity index (χ2v) is 8.21. The number of anilines is 1. The SMILES string of the molecule is C=C1N[C@H](C)COc2ncc(F)cc2[C@@]23C[C@@H]2CCN3c2ccc3ncc1n3n2. The van der Waals surface area contributed by atoms with Gasteiger partial charge in [-0.15, -0.1) is 5.10 Å². The molecule has 0 unspecified atom stereocenters. The van der Waals surface area contributed by atoms with Crippen molar-refractivity contribution in [1.29, 1.82) is 0 Å². The predicted molar refractivity (Wildman–Crippen MR) is 106 cm³/mol. The number of fused-ring (bicyclic) bond motifs is 3. The maximum atomic E-state index is 14.2. The van der Waals surface area contributed by atoms with Crippen LogP contribution in [0.4, 0.5) is 10.2 Å². The summed E-state index contributed by atoms with van der Waals surface area (Å²) in [5, 5.41) is 8.24. The van der Waals surface area contributed by atoms with Gasteiger partial charge in [0.25, 0.3) is 0 Å². The van der Waals surface area contributed by atoms with Crippen LogP contribution < -0.4 is 15.0 Å². The number of ether oxygens (including phenoxy) is 1. The molecule has 148 valence electrons. The van der Waals surface area contributed by atoms with E-state index in [0.29, 0.717) is 18.4 Å². The molecule has 1 saturated carbocycles. The Bertz CT molecular complexity index is 1160. The fourth-order valence-electron chi connectivity index (χ4n) is 4.95. The largest absolute Gasteiger partial charge is 0.475 e. The lowest BCUT2D eigenvalue weighted by molar-refractivity contribution is 0.268. The first-order chi connectivity index (χ1) is 14.1. The van der Waals surface area contributed by atoms with Crippen molar-refractivity contribution in [3.63, 3.8) is 0 Å². The van der Waals surface area contributed by atoms with E-state index in [0.717, 1.165) is 47.8 Å². The lowest BCUT2D eigenvalue weighted by Crippen LogP contribution is -2.35. The average Bonchev–Trinajstić information content (AvgIpc) is 3.09. The van der Waals surface area contributed by atoms with Crippen LogP contribution in [0.1, 0.15) is 31.0 Å². The van der Waals surface area contributed by atoms with Crippen LogP contribution >= 0.6 is 0 Å². The van der Waals surface area contributed by atoms with Gasteiger partial charge in [-0.25, -0.2) is 18.9 Å². The molecule has 0 radical (unpaired) electrons. The molecule has 5 heterocycles. The Hall–Kier alpha value is -3.16. The van der Waals surface area contributed by atoms with Crippen LogP contribution in [-0.4, -0.2) is 38.8 Å². The molecule has 7 nitrogen and oxygen atoms in total. The fourth-order valence-corrected chi connectivity index (χ4v) is 4.95. The molecule has 1 N–H and O–H groups in total. The second-order valence-electron chi connectivity index (χ2n) is 8.21. The van der Waals surface area contributed by atoms with E-state index in [-0.39, 0.29) is 17.4 Å². The minimum atomic E-state index is -0.344. The summed E-state index contributed by atoms with van der Waals surface area (Å²) in [5.74, 6) is 1.45. The Morgan fingerprint density at radius 3 is 3.07 bits per heavy atom. The predicted octanol–water partition coefficient (Wildman–Crippen LogP) is 2.73. The minimum absolute atomic E-state index is 0.0242. The summed E-state index contributed by atoms with van der Waals surface area (Å²) in [4.78, 5) is 11.0. The molecule has 3 atom stereocenters.